The van der Waals surface area contributed by atoms with Crippen LogP contribution in [0.3, 0.4) is 0 Å². The summed E-state index contributed by atoms with van der Waals surface area (Å²) in [6.07, 6.45) is 8.90. The summed E-state index contributed by atoms with van der Waals surface area (Å²) >= 11 is 0. The van der Waals surface area contributed by atoms with E-state index >= 15 is 0 Å². The maximum atomic E-state index is 13.9. The summed E-state index contributed by atoms with van der Waals surface area (Å²) in [5.74, 6) is 0.842. The van der Waals surface area contributed by atoms with E-state index < -0.39 is 29.9 Å². The van der Waals surface area contributed by atoms with Crippen LogP contribution in [-0.2, 0) is 38.2 Å². The number of imidazole rings is 3. The van der Waals surface area contributed by atoms with Gasteiger partial charge in [0, 0.05) is 38.4 Å². The van der Waals surface area contributed by atoms with Crippen molar-refractivity contribution in [3.63, 3.8) is 0 Å². The average molecular weight is 789 g/mol. The molecular formula is C42H48N10O6. The number of amides is 4. The van der Waals surface area contributed by atoms with Crippen molar-refractivity contribution in [1.82, 2.24) is 49.5 Å². The summed E-state index contributed by atoms with van der Waals surface area (Å²) in [5, 5.41) is 2.69. The van der Waals surface area contributed by atoms with Crippen molar-refractivity contribution in [3.05, 3.63) is 90.8 Å². The summed E-state index contributed by atoms with van der Waals surface area (Å²) < 4.78 is 11.9. The number of carbonyl (C=O) groups is 4. The minimum atomic E-state index is -1.09. The number of likely N-dealkylation sites (tertiary alicyclic amines) is 1. The number of ether oxygens (including phenoxy) is 2. The van der Waals surface area contributed by atoms with E-state index in [0.717, 1.165) is 58.6 Å². The largest absolute Gasteiger partial charge is 0.453 e. The summed E-state index contributed by atoms with van der Waals surface area (Å²) in [5.41, 5.74) is 5.29. The number of alkyl carbamates (subject to hydrolysis) is 1. The maximum Gasteiger partial charge on any atom is 0.412 e. The fraction of sp³-hybridized carbons (Fsp3) is 0.405. The van der Waals surface area contributed by atoms with Crippen LogP contribution in [0.25, 0.3) is 33.6 Å². The fourth-order valence-corrected chi connectivity index (χ4v) is 8.79. The van der Waals surface area contributed by atoms with Gasteiger partial charge in [0.25, 0.3) is 0 Å². The van der Waals surface area contributed by atoms with Crippen molar-refractivity contribution in [2.75, 3.05) is 27.3 Å². The van der Waals surface area contributed by atoms with Gasteiger partial charge in [0.05, 0.1) is 50.4 Å². The molecule has 3 N–H and O–H groups in total. The first kappa shape index (κ1) is 38.4. The van der Waals surface area contributed by atoms with Crippen LogP contribution in [0, 0.1) is 5.92 Å². The molecule has 302 valence electrons. The highest BCUT2D eigenvalue weighted by Crippen LogP contribution is 2.48. The Balaban J connectivity index is 0.974. The molecule has 2 aromatic carbocycles. The molecule has 3 saturated heterocycles. The lowest BCUT2D eigenvalue weighted by Gasteiger charge is -2.37. The molecule has 6 heterocycles. The highest BCUT2D eigenvalue weighted by atomic mass is 16.5. The van der Waals surface area contributed by atoms with E-state index in [9.17, 15) is 19.2 Å². The fourth-order valence-electron chi connectivity index (χ4n) is 8.79. The van der Waals surface area contributed by atoms with Crippen molar-refractivity contribution < 1.29 is 28.7 Å². The molecule has 16 nitrogen and oxygen atoms in total. The first-order valence-corrected chi connectivity index (χ1v) is 19.6. The molecule has 3 aromatic heterocycles. The minimum absolute atomic E-state index is 0.112. The SMILES string of the molecule is COC(=O)N[C@H](C(=O)N1CCC[C@H]1c1ncc(-c2ccc(-c3ccc(-c4cnc([C@]56CCCN5C(=O)[C@H](Cc5cncn5C)N6C(=O)OC)[nH]4)cc3)cc2)[nH]1)C(C)C. The van der Waals surface area contributed by atoms with Gasteiger partial charge in [-0.05, 0) is 53.9 Å². The van der Waals surface area contributed by atoms with E-state index in [-0.39, 0.29) is 23.8 Å². The zero-order valence-corrected chi connectivity index (χ0v) is 33.3. The Morgan fingerprint density at radius 2 is 1.53 bits per heavy atom. The molecule has 0 bridgehead atoms. The number of aromatic nitrogens is 6. The zero-order chi connectivity index (χ0) is 40.7. The number of hydrogen-bond donors (Lipinski definition) is 3. The van der Waals surface area contributed by atoms with Gasteiger partial charge in [0.2, 0.25) is 11.8 Å². The third-order valence-electron chi connectivity index (χ3n) is 11.8. The summed E-state index contributed by atoms with van der Waals surface area (Å²) in [6.45, 7) is 4.89. The summed E-state index contributed by atoms with van der Waals surface area (Å²) in [4.78, 5) is 78.6. The second-order valence-electron chi connectivity index (χ2n) is 15.5. The standard InChI is InChI=1S/C42H48N10O6/c1-25(2)35(48-40(55)57-4)38(54)50-18-6-8-33(50)36-44-22-31(46-36)28-13-9-26(10-14-28)27-11-15-29(16-12-27)32-23-45-39(47-32)42-17-7-19-51(42)37(53)34(52(42)41(56)58-5)20-30-21-43-24-49(30)3/h9-16,21-25,33-35H,6-8,17-20H2,1-5H3,(H,44,46)(H,45,47)(H,48,55)/t33-,34-,35-,42+/m0/s1. The Hall–Kier alpha value is -6.45. The van der Waals surface area contributed by atoms with Gasteiger partial charge in [0.1, 0.15) is 17.9 Å². The number of rotatable bonds is 10. The summed E-state index contributed by atoms with van der Waals surface area (Å²) in [7, 11) is 4.49. The van der Waals surface area contributed by atoms with E-state index in [1.165, 1.54) is 14.2 Å². The van der Waals surface area contributed by atoms with Crippen molar-refractivity contribution in [2.24, 2.45) is 13.0 Å². The van der Waals surface area contributed by atoms with Crippen LogP contribution in [0.1, 0.15) is 62.9 Å². The number of aryl methyl sites for hydroxylation is 1. The van der Waals surface area contributed by atoms with Crippen molar-refractivity contribution in [2.45, 2.75) is 69.7 Å². The van der Waals surface area contributed by atoms with Gasteiger partial charge >= 0.3 is 12.2 Å². The number of fused-ring (bicyclic) bond motifs is 1. The van der Waals surface area contributed by atoms with Crippen LogP contribution < -0.4 is 5.32 Å². The van der Waals surface area contributed by atoms with Crippen molar-refractivity contribution >= 4 is 24.0 Å². The number of hydrogen-bond acceptors (Lipinski definition) is 9. The number of methoxy groups -OCH3 is 2. The number of aromatic amines is 2. The van der Waals surface area contributed by atoms with Gasteiger partial charge in [-0.25, -0.2) is 24.5 Å². The topological polar surface area (TPSA) is 184 Å². The van der Waals surface area contributed by atoms with Gasteiger partial charge in [-0.3, -0.25) is 14.5 Å². The molecule has 0 spiro atoms. The number of nitrogens with one attached hydrogen (secondary N) is 3. The predicted molar refractivity (Wildman–Crippen MR) is 212 cm³/mol. The highest BCUT2D eigenvalue weighted by molar-refractivity contribution is 5.91. The Morgan fingerprint density at radius 3 is 2.16 bits per heavy atom. The minimum Gasteiger partial charge on any atom is -0.453 e. The molecule has 4 atom stereocenters. The molecule has 3 aliphatic rings. The highest BCUT2D eigenvalue weighted by Gasteiger charge is 2.63. The Bertz CT molecular complexity index is 2310. The molecule has 58 heavy (non-hydrogen) atoms. The molecule has 0 aliphatic carbocycles. The Morgan fingerprint density at radius 1 is 0.879 bits per heavy atom. The zero-order valence-electron chi connectivity index (χ0n) is 33.3. The van der Waals surface area contributed by atoms with E-state index in [2.05, 4.69) is 37.4 Å². The molecule has 3 fully saturated rings. The normalized spacial score (nSPS) is 20.8. The third kappa shape index (κ3) is 6.65. The molecule has 3 aliphatic heterocycles. The van der Waals surface area contributed by atoms with Crippen LogP contribution in [0.15, 0.2) is 73.4 Å². The average Bonchev–Trinajstić information content (AvgIpc) is 4.10. The third-order valence-corrected chi connectivity index (χ3v) is 11.8. The van der Waals surface area contributed by atoms with Gasteiger partial charge in [-0.15, -0.1) is 0 Å². The first-order chi connectivity index (χ1) is 28.0. The van der Waals surface area contributed by atoms with Crippen LogP contribution in [0.4, 0.5) is 9.59 Å². The molecule has 5 aromatic rings. The second-order valence-corrected chi connectivity index (χ2v) is 15.5. The van der Waals surface area contributed by atoms with E-state index in [0.29, 0.717) is 37.6 Å². The van der Waals surface area contributed by atoms with Gasteiger partial charge in [-0.1, -0.05) is 62.4 Å². The smallest absolute Gasteiger partial charge is 0.412 e. The van der Waals surface area contributed by atoms with Gasteiger partial charge in [0.15, 0.2) is 11.5 Å². The number of nitrogens with zero attached hydrogens (tertiary/aromatic N) is 7. The Labute approximate surface area is 336 Å². The number of carbonyl (C=O) groups excluding carboxylic acids is 4. The lowest BCUT2D eigenvalue weighted by atomic mass is 10.0. The van der Waals surface area contributed by atoms with Crippen LogP contribution in [-0.4, -0.2) is 108 Å². The first-order valence-electron chi connectivity index (χ1n) is 19.6. The molecule has 4 amide bonds. The van der Waals surface area contributed by atoms with E-state index in [4.69, 9.17) is 14.5 Å². The summed E-state index contributed by atoms with van der Waals surface area (Å²) in [6, 6.07) is 14.7. The molecule has 16 heteroatoms. The molecule has 8 rings (SSSR count). The molecule has 0 saturated carbocycles. The van der Waals surface area contributed by atoms with Crippen LogP contribution in [0.5, 0.6) is 0 Å². The van der Waals surface area contributed by atoms with E-state index in [1.54, 1.807) is 39.6 Å². The number of H-pyrrole nitrogens is 2. The number of benzene rings is 2. The maximum absolute atomic E-state index is 13.9. The van der Waals surface area contributed by atoms with Crippen LogP contribution >= 0.6 is 0 Å². The monoisotopic (exact) mass is 788 g/mol. The lowest BCUT2D eigenvalue weighted by molar-refractivity contribution is -0.135. The van der Waals surface area contributed by atoms with Crippen LogP contribution in [0.2, 0.25) is 0 Å². The van der Waals surface area contributed by atoms with Crippen molar-refractivity contribution in [3.8, 4) is 33.6 Å². The quantitative estimate of drug-likeness (QED) is 0.167. The second kappa shape index (κ2) is 15.5. The van der Waals surface area contributed by atoms with Gasteiger partial charge in [-0.2, -0.15) is 0 Å². The van der Waals surface area contributed by atoms with E-state index in [1.807, 2.05) is 61.9 Å². The lowest BCUT2D eigenvalue weighted by Crippen LogP contribution is -2.52. The van der Waals surface area contributed by atoms with Gasteiger partial charge < -0.3 is 39.1 Å². The molecular weight excluding hydrogens is 741 g/mol. The Kier molecular flexibility index (Phi) is 10.3. The predicted octanol–water partition coefficient (Wildman–Crippen LogP) is 5.38. The molecule has 0 radical (unpaired) electrons. The van der Waals surface area contributed by atoms with Crippen molar-refractivity contribution in [1.29, 1.82) is 0 Å². The molecule has 0 unspecified atom stereocenters.